The number of hydrogen-bond acceptors (Lipinski definition) is 3. The summed E-state index contributed by atoms with van der Waals surface area (Å²) in [5.74, 6) is 1.87. The zero-order valence-electron chi connectivity index (χ0n) is 63.3. The Kier molecular flexibility index (Phi) is 20.8. The van der Waals surface area contributed by atoms with Crippen molar-refractivity contribution in [3.63, 3.8) is 0 Å². The van der Waals surface area contributed by atoms with Crippen LogP contribution in [0.25, 0.3) is 11.4 Å². The average molecular weight is 1180 g/mol. The summed E-state index contributed by atoms with van der Waals surface area (Å²) in [5, 5.41) is 11.9. The lowest BCUT2D eigenvalue weighted by molar-refractivity contribution is -1.11. The van der Waals surface area contributed by atoms with E-state index in [1.165, 1.54) is 108 Å². The number of quaternary nitrogens is 2. The van der Waals surface area contributed by atoms with Crippen LogP contribution in [0.15, 0.2) is 48.8 Å². The quantitative estimate of drug-likeness (QED) is 0.182. The number of pyridine rings is 2. The molecule has 3 N–H and O–H groups in total. The summed E-state index contributed by atoms with van der Waals surface area (Å²) in [7, 11) is 9.68. The van der Waals surface area contributed by atoms with Gasteiger partial charge in [0.2, 0.25) is 5.66 Å². The van der Waals surface area contributed by atoms with Gasteiger partial charge in [0.05, 0.1) is 49.9 Å². The Bertz CT molecular complexity index is 2270. The van der Waals surface area contributed by atoms with Crippen LogP contribution in [0.2, 0.25) is 0 Å². The number of hydrogen-bond donors (Lipinski definition) is 3. The minimum absolute atomic E-state index is 0.0727. The number of aromatic nitrogens is 2. The molecule has 0 aromatic carbocycles. The van der Waals surface area contributed by atoms with Crippen molar-refractivity contribution in [3.05, 3.63) is 48.8 Å². The maximum atomic E-state index is 4.09. The molecule has 7 heteroatoms. The maximum Gasteiger partial charge on any atom is 0.371 e. The van der Waals surface area contributed by atoms with E-state index in [0.717, 1.165) is 32.9 Å². The molecule has 0 amide bonds. The van der Waals surface area contributed by atoms with Gasteiger partial charge in [0.1, 0.15) is 13.1 Å². The van der Waals surface area contributed by atoms with E-state index in [9.17, 15) is 0 Å². The lowest BCUT2D eigenvalue weighted by Crippen LogP contribution is -2.80. The van der Waals surface area contributed by atoms with E-state index in [4.69, 9.17) is 0 Å². The van der Waals surface area contributed by atoms with Crippen LogP contribution in [-0.2, 0) is 5.66 Å². The third kappa shape index (κ3) is 12.9. The first-order valence-electron chi connectivity index (χ1n) is 35.0. The molecule has 4 atom stereocenters. The highest BCUT2D eigenvalue weighted by molar-refractivity contribution is 5.47. The Morgan fingerprint density at radius 2 is 0.682 bits per heavy atom. The molecule has 85 heavy (non-hydrogen) atoms. The molecule has 490 valence electrons. The van der Waals surface area contributed by atoms with Crippen molar-refractivity contribution in [1.29, 1.82) is 0 Å². The standard InChI is InChI=1S/C19H26N2.2C16H31N.C15H34N2.C12H25N/c1-17(2,3)19(18(4,5)6)20-13-9-7-11-15(20)16-12-8-10-14-21(16)19;2*1-14(2,3)16(15(4,5)6)11-12-9-7-8-10-13(12)17-16;1-13(2,3)15(14(4,5)6)16(7,8)11-12-17(15,9)10;1-10(2,3)12(11(4,5)6)8-7-9-13-12/h7-14H,1-6H3;2*12-13,17H,7-11H2,1-6H3;11-12H2,1-10H3;13H,7-9H2,1-6H3/q+2;;;+2;/t;12-,13+;12-,13-;;/m.10../s1. The molecule has 0 bridgehead atoms. The van der Waals surface area contributed by atoms with Crippen molar-refractivity contribution in [3.8, 4) is 11.4 Å². The van der Waals surface area contributed by atoms with Gasteiger partial charge >= 0.3 is 5.66 Å². The summed E-state index contributed by atoms with van der Waals surface area (Å²) in [6.07, 6.45) is 21.3. The van der Waals surface area contributed by atoms with Crippen LogP contribution in [0.5, 0.6) is 0 Å². The molecule has 2 aliphatic carbocycles. The molecule has 2 aromatic heterocycles. The fourth-order valence-electron chi connectivity index (χ4n) is 23.2. The lowest BCUT2D eigenvalue weighted by Gasteiger charge is -2.60. The fourth-order valence-corrected chi connectivity index (χ4v) is 23.2. The topological polar surface area (TPSA) is 43.9 Å². The van der Waals surface area contributed by atoms with Gasteiger partial charge in [-0.1, -0.05) is 150 Å². The van der Waals surface area contributed by atoms with E-state index in [1.807, 2.05) is 0 Å². The SMILES string of the molecule is CC(C)(C)C1(C(C)(C)C)CCCN1.CC(C)(C)C1(C(C)(C)C)C[C@@H]2CCCC[C@@H]2N1.CC(C)(C)C1(C(C)(C)C)C[C@H]2CCCC[C@@H]2N1.CC(C)(C)C1(C(C)(C)C)[N+](C)(C)CC[N+]1(C)C.CC(C)(C)C1(C(C)(C)C)[n+]2ccccc2-c2cccc[n+]21. The molecule has 7 aliphatic rings. The summed E-state index contributed by atoms with van der Waals surface area (Å²) in [6.45, 7) is 75.5. The number of likely N-dealkylation sites (N-methyl/N-ethyl adjacent to an activating group) is 2. The minimum atomic E-state index is -0.132. The van der Waals surface area contributed by atoms with Crippen molar-refractivity contribution in [2.24, 2.45) is 66.0 Å². The van der Waals surface area contributed by atoms with E-state index in [-0.39, 0.29) is 33.0 Å². The molecule has 2 saturated carbocycles. The van der Waals surface area contributed by atoms with E-state index in [1.54, 1.807) is 0 Å². The third-order valence-electron chi connectivity index (χ3n) is 24.5. The lowest BCUT2D eigenvalue weighted by atomic mass is 9.58. The monoisotopic (exact) mass is 1180 g/mol. The Hall–Kier alpha value is -1.90. The summed E-state index contributed by atoms with van der Waals surface area (Å²) in [6, 6.07) is 14.6. The van der Waals surface area contributed by atoms with Crippen LogP contribution in [0.3, 0.4) is 0 Å². The van der Waals surface area contributed by atoms with Gasteiger partial charge in [0.25, 0.3) is 11.4 Å². The predicted molar refractivity (Wildman–Crippen MR) is 369 cm³/mol. The molecular formula is C78H147N7+4. The molecule has 6 fully saturated rings. The van der Waals surface area contributed by atoms with Gasteiger partial charge in [-0.05, 0) is 197 Å². The second-order valence-corrected chi connectivity index (χ2v) is 40.3. The second-order valence-electron chi connectivity index (χ2n) is 40.3. The first-order valence-corrected chi connectivity index (χ1v) is 35.0. The second kappa shape index (κ2) is 24.0. The Morgan fingerprint density at radius 3 is 0.906 bits per heavy atom. The average Bonchev–Trinajstić information content (AvgIpc) is 1.80. The van der Waals surface area contributed by atoms with Crippen molar-refractivity contribution in [2.75, 3.05) is 47.8 Å². The molecular weight excluding hydrogens is 1030 g/mol. The van der Waals surface area contributed by atoms with E-state index < -0.39 is 0 Å². The zero-order chi connectivity index (χ0) is 65.5. The highest BCUT2D eigenvalue weighted by atomic mass is 15.6. The Labute approximate surface area is 530 Å². The first kappa shape index (κ1) is 73.8. The van der Waals surface area contributed by atoms with Crippen molar-refractivity contribution >= 4 is 0 Å². The van der Waals surface area contributed by atoms with Gasteiger partial charge in [-0.3, -0.25) is 8.97 Å². The summed E-state index contributed by atoms with van der Waals surface area (Å²) < 4.78 is 7.19. The third-order valence-corrected chi connectivity index (χ3v) is 24.5. The van der Waals surface area contributed by atoms with Gasteiger partial charge in [-0.15, -0.1) is 9.13 Å². The molecule has 7 heterocycles. The van der Waals surface area contributed by atoms with Crippen LogP contribution in [-0.4, -0.2) is 91.2 Å². The molecule has 0 spiro atoms. The highest BCUT2D eigenvalue weighted by Gasteiger charge is 2.75. The normalized spacial score (nSPS) is 26.5. The molecule has 7 nitrogen and oxygen atoms in total. The smallest absolute Gasteiger partial charge is 0.310 e. The van der Waals surface area contributed by atoms with Gasteiger partial charge in [-0.25, -0.2) is 0 Å². The highest BCUT2D eigenvalue weighted by Crippen LogP contribution is 2.59. The minimum Gasteiger partial charge on any atom is -0.310 e. The number of nitrogens with one attached hydrogen (secondary N) is 3. The first-order chi connectivity index (χ1) is 38.0. The van der Waals surface area contributed by atoms with Crippen LogP contribution < -0.4 is 25.1 Å². The van der Waals surface area contributed by atoms with Gasteiger partial charge in [0.15, 0.2) is 12.4 Å². The molecule has 2 aromatic rings. The summed E-state index contributed by atoms with van der Waals surface area (Å²) in [4.78, 5) is 0. The zero-order valence-corrected chi connectivity index (χ0v) is 63.3. The van der Waals surface area contributed by atoms with E-state index in [2.05, 4.69) is 310 Å². The van der Waals surface area contributed by atoms with Gasteiger partial charge < -0.3 is 16.0 Å². The van der Waals surface area contributed by atoms with Gasteiger partial charge in [-0.2, -0.15) is 0 Å². The van der Waals surface area contributed by atoms with Crippen LogP contribution in [0.4, 0.5) is 0 Å². The maximum absolute atomic E-state index is 4.09. The fraction of sp³-hybridized carbons (Fsp3) is 0.872. The number of fused-ring (bicyclic) bond motifs is 5. The Morgan fingerprint density at radius 1 is 0.376 bits per heavy atom. The van der Waals surface area contributed by atoms with Crippen LogP contribution >= 0.6 is 0 Å². The largest absolute Gasteiger partial charge is 0.371 e. The molecule has 4 saturated heterocycles. The number of rotatable bonds is 0. The Balaban J connectivity index is 0.000000196. The molecule has 5 aliphatic heterocycles. The van der Waals surface area contributed by atoms with E-state index >= 15 is 0 Å². The molecule has 9 rings (SSSR count). The van der Waals surface area contributed by atoms with Crippen LogP contribution in [0.1, 0.15) is 285 Å². The van der Waals surface area contributed by atoms with Crippen molar-refractivity contribution in [1.82, 2.24) is 16.0 Å². The molecule has 0 radical (unpaired) electrons. The number of nitrogens with zero attached hydrogens (tertiary/aromatic N) is 4. The van der Waals surface area contributed by atoms with Gasteiger partial charge in [0, 0.05) is 53.0 Å². The predicted octanol–water partition coefficient (Wildman–Crippen LogP) is 18.4. The summed E-state index contributed by atoms with van der Waals surface area (Å²) >= 11 is 0. The van der Waals surface area contributed by atoms with Crippen molar-refractivity contribution < 1.29 is 18.1 Å². The van der Waals surface area contributed by atoms with Crippen LogP contribution in [0, 0.1) is 66.0 Å². The van der Waals surface area contributed by atoms with Crippen molar-refractivity contribution in [2.45, 2.75) is 325 Å². The molecule has 0 unspecified atom stereocenters. The summed E-state index contributed by atoms with van der Waals surface area (Å²) in [5.41, 5.74) is 6.36. The van der Waals surface area contributed by atoms with E-state index in [0.29, 0.717) is 49.1 Å².